The van der Waals surface area contributed by atoms with Crippen molar-refractivity contribution in [3.8, 4) is 11.4 Å². The molecule has 0 fully saturated rings. The molecule has 2 heterocycles. The predicted molar refractivity (Wildman–Crippen MR) is 117 cm³/mol. The Morgan fingerprint density at radius 1 is 1.00 bits per heavy atom. The summed E-state index contributed by atoms with van der Waals surface area (Å²) in [5.74, 6) is 0. The largest absolute Gasteiger partial charge is 0.281 e. The number of hydrogen-bond acceptors (Lipinski definition) is 6. The molecule has 2 aromatic carbocycles. The molecule has 8 nitrogen and oxygen atoms in total. The monoisotopic (exact) mass is 420 g/mol. The molecule has 0 amide bonds. The van der Waals surface area contributed by atoms with Crippen LogP contribution in [0.2, 0.25) is 0 Å². The highest BCUT2D eigenvalue weighted by Crippen LogP contribution is 2.21. The maximum atomic E-state index is 5.64. The molecule has 0 radical (unpaired) electrons. The Morgan fingerprint density at radius 2 is 1.70 bits per heavy atom. The van der Waals surface area contributed by atoms with Crippen molar-refractivity contribution in [2.75, 3.05) is 7.05 Å². The Labute approximate surface area is 180 Å². The zero-order chi connectivity index (χ0) is 21.3. The molecule has 4 rings (SSSR count). The van der Waals surface area contributed by atoms with Gasteiger partial charge in [0.1, 0.15) is 12.7 Å². The number of aryl methyl sites for hydroxylation is 2. The van der Waals surface area contributed by atoms with Crippen LogP contribution in [0.5, 0.6) is 0 Å². The number of rotatable bonds is 6. The number of nitrogens with zero attached hydrogens (tertiary/aromatic N) is 8. The standard InChI is InChI=1S/C21H24N8S/c1-15-9-16(2)11-20(10-15)29-21(30)28(24-25-29)14-26(4)17(3)18-5-7-19(8-6-18)27-13-22-12-23-27/h5-13,17H,14H2,1-4H3/t17-/m1/s1. The average molecular weight is 421 g/mol. The van der Waals surface area contributed by atoms with Crippen LogP contribution in [0, 0.1) is 18.6 Å². The molecule has 0 aliphatic heterocycles. The van der Waals surface area contributed by atoms with Gasteiger partial charge in [0.15, 0.2) is 0 Å². The quantitative estimate of drug-likeness (QED) is 0.444. The second-order valence-corrected chi connectivity index (χ2v) is 7.89. The molecular weight excluding hydrogens is 396 g/mol. The third-order valence-corrected chi connectivity index (χ3v) is 5.55. The molecule has 1 atom stereocenters. The third kappa shape index (κ3) is 4.07. The SMILES string of the molecule is Cc1cc(C)cc(-n2nnn(CN(C)[C@H](C)c3ccc(-n4cncn4)cc3)c2=S)c1. The minimum atomic E-state index is 0.170. The number of benzene rings is 2. The molecule has 0 aliphatic rings. The topological polar surface area (TPSA) is 69.6 Å². The van der Waals surface area contributed by atoms with Crippen molar-refractivity contribution in [3.05, 3.63) is 76.6 Å². The summed E-state index contributed by atoms with van der Waals surface area (Å²) in [7, 11) is 2.05. The van der Waals surface area contributed by atoms with E-state index < -0.39 is 0 Å². The molecule has 0 N–H and O–H groups in total. The summed E-state index contributed by atoms with van der Waals surface area (Å²) in [4.78, 5) is 6.17. The Kier molecular flexibility index (Phi) is 5.56. The van der Waals surface area contributed by atoms with Gasteiger partial charge >= 0.3 is 0 Å². The molecule has 2 aromatic heterocycles. The van der Waals surface area contributed by atoms with Gasteiger partial charge in [0, 0.05) is 6.04 Å². The molecule has 0 saturated heterocycles. The Bertz CT molecular complexity index is 1170. The van der Waals surface area contributed by atoms with Crippen LogP contribution in [0.4, 0.5) is 0 Å². The van der Waals surface area contributed by atoms with Gasteiger partial charge in [-0.25, -0.2) is 14.3 Å². The second kappa shape index (κ2) is 8.29. The molecule has 0 unspecified atom stereocenters. The maximum Gasteiger partial charge on any atom is 0.221 e. The molecule has 0 spiro atoms. The van der Waals surface area contributed by atoms with Gasteiger partial charge in [-0.15, -0.1) is 0 Å². The molecule has 9 heteroatoms. The lowest BCUT2D eigenvalue weighted by molar-refractivity contribution is 0.193. The van der Waals surface area contributed by atoms with Crippen LogP contribution in [-0.4, -0.2) is 46.5 Å². The van der Waals surface area contributed by atoms with Crippen molar-refractivity contribution < 1.29 is 0 Å². The van der Waals surface area contributed by atoms with Gasteiger partial charge in [0.25, 0.3) is 0 Å². The Morgan fingerprint density at radius 3 is 2.33 bits per heavy atom. The lowest BCUT2D eigenvalue weighted by Gasteiger charge is -2.24. The zero-order valence-corrected chi connectivity index (χ0v) is 18.3. The zero-order valence-electron chi connectivity index (χ0n) is 17.5. The van der Waals surface area contributed by atoms with E-state index in [9.17, 15) is 0 Å². The Hall–Kier alpha value is -3.17. The Balaban J connectivity index is 1.50. The number of tetrazole rings is 1. The maximum absolute atomic E-state index is 5.64. The van der Waals surface area contributed by atoms with Crippen LogP contribution in [0.1, 0.15) is 29.7 Å². The fourth-order valence-electron chi connectivity index (χ4n) is 3.43. The first kappa shape index (κ1) is 20.1. The van der Waals surface area contributed by atoms with Crippen molar-refractivity contribution in [2.45, 2.75) is 33.5 Å². The molecule has 30 heavy (non-hydrogen) atoms. The first-order valence-electron chi connectivity index (χ1n) is 9.69. The van der Waals surface area contributed by atoms with Crippen LogP contribution in [-0.2, 0) is 6.67 Å². The van der Waals surface area contributed by atoms with Gasteiger partial charge in [-0.3, -0.25) is 4.90 Å². The minimum Gasteiger partial charge on any atom is -0.281 e. The van der Waals surface area contributed by atoms with Crippen molar-refractivity contribution in [1.82, 2.24) is 39.5 Å². The molecule has 4 aromatic rings. The van der Waals surface area contributed by atoms with E-state index in [1.54, 1.807) is 20.4 Å². The summed E-state index contributed by atoms with van der Waals surface area (Å²) in [6.45, 7) is 6.82. The fraction of sp³-hybridized carbons (Fsp3) is 0.286. The van der Waals surface area contributed by atoms with Crippen molar-refractivity contribution >= 4 is 12.2 Å². The third-order valence-electron chi connectivity index (χ3n) is 5.17. The first-order chi connectivity index (χ1) is 14.4. The van der Waals surface area contributed by atoms with Crippen LogP contribution in [0.3, 0.4) is 0 Å². The van der Waals surface area contributed by atoms with E-state index in [4.69, 9.17) is 12.2 Å². The second-order valence-electron chi connectivity index (χ2n) is 7.52. The number of aromatic nitrogens is 7. The lowest BCUT2D eigenvalue weighted by Crippen LogP contribution is -2.26. The highest BCUT2D eigenvalue weighted by Gasteiger charge is 2.15. The predicted octanol–water partition coefficient (Wildman–Crippen LogP) is 3.65. The highest BCUT2D eigenvalue weighted by atomic mass is 32.1. The molecule has 154 valence electrons. The summed E-state index contributed by atoms with van der Waals surface area (Å²) in [6, 6.07) is 14.7. The van der Waals surface area contributed by atoms with Gasteiger partial charge in [0.2, 0.25) is 4.77 Å². The normalized spacial score (nSPS) is 12.4. The van der Waals surface area contributed by atoms with Gasteiger partial charge in [-0.05, 0) is 91.4 Å². The van der Waals surface area contributed by atoms with E-state index in [0.717, 1.165) is 11.4 Å². The van der Waals surface area contributed by atoms with E-state index in [-0.39, 0.29) is 6.04 Å². The van der Waals surface area contributed by atoms with Crippen LogP contribution in [0.15, 0.2) is 55.1 Å². The van der Waals surface area contributed by atoms with Gasteiger partial charge in [0.05, 0.1) is 18.0 Å². The fourth-order valence-corrected chi connectivity index (χ4v) is 3.67. The van der Waals surface area contributed by atoms with Crippen molar-refractivity contribution in [3.63, 3.8) is 0 Å². The summed E-state index contributed by atoms with van der Waals surface area (Å²) < 4.78 is 5.76. The van der Waals surface area contributed by atoms with Crippen molar-refractivity contribution in [1.29, 1.82) is 0 Å². The molecule has 0 bridgehead atoms. The van der Waals surface area contributed by atoms with Gasteiger partial charge < -0.3 is 0 Å². The highest BCUT2D eigenvalue weighted by molar-refractivity contribution is 7.71. The smallest absolute Gasteiger partial charge is 0.221 e. The molecule has 0 aliphatic carbocycles. The molecular formula is C21H24N8S. The minimum absolute atomic E-state index is 0.170. The molecule has 0 saturated carbocycles. The summed E-state index contributed by atoms with van der Waals surface area (Å²) >= 11 is 5.64. The summed E-state index contributed by atoms with van der Waals surface area (Å²) in [6.07, 6.45) is 3.21. The summed E-state index contributed by atoms with van der Waals surface area (Å²) in [5, 5.41) is 12.7. The van der Waals surface area contributed by atoms with E-state index >= 15 is 0 Å². The van der Waals surface area contributed by atoms with Gasteiger partial charge in [-0.1, -0.05) is 18.2 Å². The summed E-state index contributed by atoms with van der Waals surface area (Å²) in [5.41, 5.74) is 5.44. The van der Waals surface area contributed by atoms with Crippen LogP contribution < -0.4 is 0 Å². The van der Waals surface area contributed by atoms with Crippen LogP contribution in [0.25, 0.3) is 11.4 Å². The van der Waals surface area contributed by atoms with Gasteiger partial charge in [-0.2, -0.15) is 9.78 Å². The number of hydrogen-bond donors (Lipinski definition) is 0. The average Bonchev–Trinajstić information content (AvgIpc) is 3.38. The van der Waals surface area contributed by atoms with Crippen LogP contribution >= 0.6 is 12.2 Å². The lowest BCUT2D eigenvalue weighted by atomic mass is 10.1. The van der Waals surface area contributed by atoms with Crippen molar-refractivity contribution in [2.24, 2.45) is 0 Å². The first-order valence-corrected chi connectivity index (χ1v) is 10.1. The van der Waals surface area contributed by atoms with E-state index in [0.29, 0.717) is 11.4 Å². The van der Waals surface area contributed by atoms with E-state index in [2.05, 4.69) is 76.5 Å². The van der Waals surface area contributed by atoms with E-state index in [1.807, 2.05) is 19.2 Å². The van der Waals surface area contributed by atoms with E-state index in [1.165, 1.54) is 23.0 Å².